The van der Waals surface area contributed by atoms with E-state index >= 15 is 0 Å². The molecule has 3 atom stereocenters. The molecule has 4 aliphatic heterocycles. The molecule has 6 heterocycles. The smallest absolute Gasteiger partial charge is 0.226 e. The van der Waals surface area contributed by atoms with Gasteiger partial charge in [-0.25, -0.2) is 9.97 Å². The van der Waals surface area contributed by atoms with Crippen LogP contribution >= 0.6 is 11.3 Å². The Morgan fingerprint density at radius 1 is 1.17 bits per heavy atom. The second kappa shape index (κ2) is 10.0. The summed E-state index contributed by atoms with van der Waals surface area (Å²) in [4.78, 5) is 36.8. The Hall–Kier alpha value is -3.08. The molecule has 5 aliphatic rings. The molecule has 1 aliphatic carbocycles. The zero-order valence-electron chi connectivity index (χ0n) is 23.8. The number of likely N-dealkylation sites (tertiary alicyclic amines) is 1. The van der Waals surface area contributed by atoms with E-state index in [-0.39, 0.29) is 18.1 Å². The third kappa shape index (κ3) is 4.42. The molecular weight excluding hydrogens is 534 g/mol. The highest BCUT2D eigenvalue weighted by atomic mass is 32.1. The Labute approximate surface area is 244 Å². The van der Waals surface area contributed by atoms with Gasteiger partial charge in [-0.1, -0.05) is 0 Å². The number of carbonyl (C=O) groups is 1. The minimum Gasteiger partial charge on any atom is -0.374 e. The number of hydrogen-bond donors (Lipinski definition) is 1. The molecule has 8 rings (SSSR count). The van der Waals surface area contributed by atoms with Crippen LogP contribution in [0.1, 0.15) is 47.3 Å². The molecule has 214 valence electrons. The number of hydrogen-bond acceptors (Lipinski definition) is 9. The Balaban J connectivity index is 1.09. The zero-order valence-corrected chi connectivity index (χ0v) is 24.6. The Morgan fingerprint density at radius 3 is 2.83 bits per heavy atom. The number of aromatic nitrogens is 2. The first-order valence-corrected chi connectivity index (χ1v) is 15.9. The lowest BCUT2D eigenvalue weighted by Gasteiger charge is -2.37. The van der Waals surface area contributed by atoms with Crippen LogP contribution in [0.15, 0.2) is 23.5 Å². The number of anilines is 3. The molecule has 0 spiro atoms. The SMILES string of the molecule is CN(C)C1CCN(c2cc3c(cc2Nc2ncnc4sc5c(c24)CC[C@H](C(=O)N2C[C@H]4C[C@@H]2CO4)C5)C=NC3)CC1. The summed E-state index contributed by atoms with van der Waals surface area (Å²) < 4.78 is 5.74. The lowest BCUT2D eigenvalue weighted by molar-refractivity contribution is -0.140. The third-order valence-electron chi connectivity index (χ3n) is 9.92. The molecule has 41 heavy (non-hydrogen) atoms. The third-order valence-corrected chi connectivity index (χ3v) is 11.1. The fourth-order valence-corrected chi connectivity index (χ4v) is 8.85. The molecular formula is C31H37N7O2S. The lowest BCUT2D eigenvalue weighted by Crippen LogP contribution is -2.45. The van der Waals surface area contributed by atoms with Crippen LogP contribution in [0, 0.1) is 5.92 Å². The summed E-state index contributed by atoms with van der Waals surface area (Å²) in [6.45, 7) is 4.28. The molecule has 10 heteroatoms. The van der Waals surface area contributed by atoms with E-state index in [9.17, 15) is 4.79 Å². The average molecular weight is 572 g/mol. The number of benzene rings is 1. The summed E-state index contributed by atoms with van der Waals surface area (Å²) in [6, 6.07) is 5.48. The van der Waals surface area contributed by atoms with Gasteiger partial charge in [-0.15, -0.1) is 11.3 Å². The molecule has 2 aromatic heterocycles. The van der Waals surface area contributed by atoms with Gasteiger partial charge in [0.2, 0.25) is 5.91 Å². The second-order valence-corrected chi connectivity index (χ2v) is 13.6. The van der Waals surface area contributed by atoms with Gasteiger partial charge in [0.25, 0.3) is 0 Å². The van der Waals surface area contributed by atoms with Gasteiger partial charge in [0.15, 0.2) is 0 Å². The normalized spacial score (nSPS) is 25.4. The van der Waals surface area contributed by atoms with Gasteiger partial charge in [0, 0.05) is 42.7 Å². The van der Waals surface area contributed by atoms with E-state index in [4.69, 9.17) is 9.72 Å². The Kier molecular flexibility index (Phi) is 6.27. The number of thiophene rings is 1. The van der Waals surface area contributed by atoms with Gasteiger partial charge in [0.05, 0.1) is 42.1 Å². The van der Waals surface area contributed by atoms with Crippen molar-refractivity contribution >= 4 is 50.9 Å². The summed E-state index contributed by atoms with van der Waals surface area (Å²) in [7, 11) is 4.37. The molecule has 1 N–H and O–H groups in total. The topological polar surface area (TPSA) is 86.2 Å². The number of aliphatic imine (C=N–C) groups is 1. The van der Waals surface area contributed by atoms with Crippen molar-refractivity contribution in [1.29, 1.82) is 0 Å². The van der Waals surface area contributed by atoms with Gasteiger partial charge >= 0.3 is 0 Å². The number of ether oxygens (including phenoxy) is 1. The number of aryl methyl sites for hydroxylation is 1. The number of morpholine rings is 1. The van der Waals surface area contributed by atoms with Crippen LogP contribution in [0.25, 0.3) is 10.2 Å². The summed E-state index contributed by atoms with van der Waals surface area (Å²) in [6.07, 6.45) is 9.77. The quantitative estimate of drug-likeness (QED) is 0.496. The number of carbonyl (C=O) groups excluding carboxylic acids is 1. The number of nitrogens with zero attached hydrogens (tertiary/aromatic N) is 6. The van der Waals surface area contributed by atoms with Crippen LogP contribution < -0.4 is 10.2 Å². The maximum absolute atomic E-state index is 13.5. The minimum atomic E-state index is 0.0481. The molecule has 3 aromatic rings. The lowest BCUT2D eigenvalue weighted by atomic mass is 9.86. The van der Waals surface area contributed by atoms with Crippen LogP contribution in [-0.4, -0.2) is 90.4 Å². The molecule has 9 nitrogen and oxygen atoms in total. The summed E-state index contributed by atoms with van der Waals surface area (Å²) >= 11 is 1.74. The van der Waals surface area contributed by atoms with Crippen molar-refractivity contribution in [3.05, 3.63) is 40.0 Å². The predicted molar refractivity (Wildman–Crippen MR) is 163 cm³/mol. The molecule has 3 saturated heterocycles. The number of amides is 1. The number of rotatable bonds is 5. The van der Waals surface area contributed by atoms with E-state index < -0.39 is 0 Å². The molecule has 0 radical (unpaired) electrons. The Bertz CT molecular complexity index is 1540. The molecule has 0 saturated carbocycles. The van der Waals surface area contributed by atoms with Gasteiger partial charge in [-0.2, -0.15) is 0 Å². The van der Waals surface area contributed by atoms with Crippen molar-refractivity contribution in [2.45, 2.75) is 63.3 Å². The minimum absolute atomic E-state index is 0.0481. The van der Waals surface area contributed by atoms with Crippen molar-refractivity contribution in [3.63, 3.8) is 0 Å². The van der Waals surface area contributed by atoms with Crippen LogP contribution in [0.2, 0.25) is 0 Å². The van der Waals surface area contributed by atoms with Gasteiger partial charge in [-0.05, 0) is 81.4 Å². The van der Waals surface area contributed by atoms with E-state index in [0.717, 1.165) is 86.4 Å². The number of nitrogens with one attached hydrogen (secondary N) is 1. The standard InChI is InChI=1S/C31H37N7O2S/c1-36(2)21-5-7-37(8-6-21)26-10-20-14-32-13-19(20)9-25(26)35-29-28-24-4-3-18(11-27(24)41-30(28)34-17-33-29)31(39)38-15-23-12-22(38)16-40-23/h9-10,13,17-18,21-23H,3-8,11-12,14-16H2,1-2H3,(H,33,34,35)/t18-,22+,23+/m0/s1. The largest absolute Gasteiger partial charge is 0.374 e. The zero-order chi connectivity index (χ0) is 27.7. The van der Waals surface area contributed by atoms with Crippen molar-refractivity contribution in [1.82, 2.24) is 19.8 Å². The van der Waals surface area contributed by atoms with E-state index in [0.29, 0.717) is 18.6 Å². The van der Waals surface area contributed by atoms with Crippen molar-refractivity contribution in [3.8, 4) is 0 Å². The van der Waals surface area contributed by atoms with Gasteiger partial charge in [-0.3, -0.25) is 9.79 Å². The summed E-state index contributed by atoms with van der Waals surface area (Å²) in [5, 5.41) is 4.89. The van der Waals surface area contributed by atoms with Crippen LogP contribution in [0.3, 0.4) is 0 Å². The van der Waals surface area contributed by atoms with Crippen molar-refractivity contribution < 1.29 is 9.53 Å². The predicted octanol–water partition coefficient (Wildman–Crippen LogP) is 4.00. The first kappa shape index (κ1) is 25.6. The fourth-order valence-electron chi connectivity index (χ4n) is 7.58. The fraction of sp³-hybridized carbons (Fsp3) is 0.548. The number of piperidine rings is 1. The number of fused-ring (bicyclic) bond motifs is 6. The first-order valence-electron chi connectivity index (χ1n) is 15.0. The highest BCUT2D eigenvalue weighted by Crippen LogP contribution is 2.43. The second-order valence-electron chi connectivity index (χ2n) is 12.5. The van der Waals surface area contributed by atoms with Crippen LogP contribution in [-0.2, 0) is 28.9 Å². The maximum Gasteiger partial charge on any atom is 0.226 e. The Morgan fingerprint density at radius 2 is 2.05 bits per heavy atom. The molecule has 1 aromatic carbocycles. The highest BCUT2D eigenvalue weighted by Gasteiger charge is 2.44. The molecule has 2 bridgehead atoms. The van der Waals surface area contributed by atoms with Crippen LogP contribution in [0.4, 0.5) is 17.2 Å². The van der Waals surface area contributed by atoms with E-state index in [2.05, 4.69) is 56.2 Å². The van der Waals surface area contributed by atoms with Crippen molar-refractivity contribution in [2.24, 2.45) is 10.9 Å². The summed E-state index contributed by atoms with van der Waals surface area (Å²) in [5.74, 6) is 1.23. The molecule has 0 unspecified atom stereocenters. The van der Waals surface area contributed by atoms with E-state index in [1.54, 1.807) is 17.7 Å². The summed E-state index contributed by atoms with van der Waals surface area (Å²) in [5.41, 5.74) is 6.10. The van der Waals surface area contributed by atoms with Gasteiger partial charge < -0.3 is 24.8 Å². The van der Waals surface area contributed by atoms with Crippen molar-refractivity contribution in [2.75, 3.05) is 50.6 Å². The van der Waals surface area contributed by atoms with E-state index in [1.165, 1.54) is 27.3 Å². The highest BCUT2D eigenvalue weighted by molar-refractivity contribution is 7.19. The molecule has 1 amide bonds. The monoisotopic (exact) mass is 571 g/mol. The first-order chi connectivity index (χ1) is 20.0. The van der Waals surface area contributed by atoms with Gasteiger partial charge in [0.1, 0.15) is 17.0 Å². The van der Waals surface area contributed by atoms with E-state index in [1.807, 2.05) is 6.21 Å². The van der Waals surface area contributed by atoms with Crippen LogP contribution in [0.5, 0.6) is 0 Å². The average Bonchev–Trinajstić information content (AvgIpc) is 3.79. The maximum atomic E-state index is 13.5. The molecule has 3 fully saturated rings.